The van der Waals surface area contributed by atoms with E-state index in [-0.39, 0.29) is 24.7 Å². The van der Waals surface area contributed by atoms with Crippen molar-refractivity contribution in [3.8, 4) is 17.2 Å². The lowest BCUT2D eigenvalue weighted by atomic mass is 10.2. The summed E-state index contributed by atoms with van der Waals surface area (Å²) in [7, 11) is -4.24. The van der Waals surface area contributed by atoms with Crippen LogP contribution in [0.1, 0.15) is 5.89 Å². The molecule has 1 heterocycles. The number of rotatable bonds is 7. The molecule has 1 aromatic heterocycles. The maximum absolute atomic E-state index is 12.5. The van der Waals surface area contributed by atoms with Crippen LogP contribution < -0.4 is 9.46 Å². The number of para-hydroxylation sites is 1. The minimum Gasteiger partial charge on any atom is -0.421 e. The summed E-state index contributed by atoms with van der Waals surface area (Å²) in [5.41, 5.74) is 0.708. The largest absolute Gasteiger partial charge is 0.573 e. The highest BCUT2D eigenvalue weighted by Crippen LogP contribution is 2.29. The lowest BCUT2D eigenvalue weighted by Gasteiger charge is -2.13. The molecule has 0 aliphatic heterocycles. The molecule has 7 nitrogen and oxygen atoms in total. The van der Waals surface area contributed by atoms with Gasteiger partial charge in [0.15, 0.2) is 0 Å². The number of hydrogen-bond donors (Lipinski definition) is 1. The molecule has 0 aliphatic rings. The molecule has 3 rings (SSSR count). The van der Waals surface area contributed by atoms with Gasteiger partial charge in [-0.3, -0.25) is 0 Å². The average molecular weight is 413 g/mol. The summed E-state index contributed by atoms with van der Waals surface area (Å²) in [5, 5.41) is 7.70. The van der Waals surface area contributed by atoms with Crippen molar-refractivity contribution in [3.05, 3.63) is 60.5 Å². The van der Waals surface area contributed by atoms with Gasteiger partial charge in [-0.2, -0.15) is 0 Å². The van der Waals surface area contributed by atoms with Gasteiger partial charge < -0.3 is 9.15 Å². The second-order valence-corrected chi connectivity index (χ2v) is 7.24. The summed E-state index contributed by atoms with van der Waals surface area (Å²) in [6.07, 6.45) is -4.95. The lowest BCUT2D eigenvalue weighted by Crippen LogP contribution is -2.27. The Balaban J connectivity index is 1.66. The number of nitrogens with zero attached hydrogens (tertiary/aromatic N) is 2. The van der Waals surface area contributed by atoms with Crippen molar-refractivity contribution >= 4 is 10.0 Å². The molecule has 148 valence electrons. The highest BCUT2D eigenvalue weighted by Gasteiger charge is 2.33. The standard InChI is InChI=1S/C17H14F3N3O4S/c18-17(19,20)27-13-8-4-5-9-14(13)28(24,25)21-11-10-15-22-23-16(26-15)12-6-2-1-3-7-12/h1-9,21H,10-11H2. The van der Waals surface area contributed by atoms with E-state index in [1.165, 1.54) is 12.1 Å². The molecule has 0 spiro atoms. The van der Waals surface area contributed by atoms with Crippen LogP contribution >= 0.6 is 0 Å². The molecule has 0 bridgehead atoms. The zero-order valence-electron chi connectivity index (χ0n) is 14.2. The molecule has 11 heteroatoms. The number of nitrogens with one attached hydrogen (secondary N) is 1. The summed E-state index contributed by atoms with van der Waals surface area (Å²) >= 11 is 0. The Morgan fingerprint density at radius 2 is 1.68 bits per heavy atom. The van der Waals surface area contributed by atoms with E-state index in [9.17, 15) is 21.6 Å². The molecule has 0 radical (unpaired) electrons. The average Bonchev–Trinajstić information content (AvgIpc) is 3.10. The molecule has 0 amide bonds. The van der Waals surface area contributed by atoms with Crippen LogP contribution in [0.3, 0.4) is 0 Å². The molecule has 0 saturated carbocycles. The Morgan fingerprint density at radius 3 is 2.39 bits per heavy atom. The third-order valence-corrected chi connectivity index (χ3v) is 4.98. The van der Waals surface area contributed by atoms with Crippen molar-refractivity contribution in [1.82, 2.24) is 14.9 Å². The Morgan fingerprint density at radius 1 is 1.00 bits per heavy atom. The predicted molar refractivity (Wildman–Crippen MR) is 91.8 cm³/mol. The summed E-state index contributed by atoms with van der Waals surface area (Å²) < 4.78 is 73.5. The van der Waals surface area contributed by atoms with Crippen molar-refractivity contribution in [3.63, 3.8) is 0 Å². The van der Waals surface area contributed by atoms with Gasteiger partial charge in [-0.05, 0) is 24.3 Å². The molecular formula is C17H14F3N3O4S. The highest BCUT2D eigenvalue weighted by molar-refractivity contribution is 7.89. The fraction of sp³-hybridized carbons (Fsp3) is 0.176. The van der Waals surface area contributed by atoms with Crippen LogP contribution in [0.2, 0.25) is 0 Å². The third-order valence-electron chi connectivity index (χ3n) is 3.48. The van der Waals surface area contributed by atoms with Gasteiger partial charge in [-0.1, -0.05) is 30.3 Å². The number of halogens is 3. The molecule has 0 fully saturated rings. The third kappa shape index (κ3) is 5.08. The summed E-state index contributed by atoms with van der Waals surface area (Å²) in [6.45, 7) is -0.154. The van der Waals surface area contributed by atoms with E-state index >= 15 is 0 Å². The molecule has 3 aromatic rings. The van der Waals surface area contributed by atoms with Gasteiger partial charge in [0.25, 0.3) is 0 Å². The Bertz CT molecular complexity index is 1040. The monoisotopic (exact) mass is 413 g/mol. The molecule has 0 saturated heterocycles. The zero-order valence-corrected chi connectivity index (χ0v) is 15.0. The predicted octanol–water partition coefficient (Wildman–Crippen LogP) is 3.16. The molecule has 0 unspecified atom stereocenters. The van der Waals surface area contributed by atoms with Crippen LogP contribution in [0.25, 0.3) is 11.5 Å². The first-order valence-corrected chi connectivity index (χ1v) is 9.45. The smallest absolute Gasteiger partial charge is 0.421 e. The second kappa shape index (κ2) is 7.98. The van der Waals surface area contributed by atoms with Crippen molar-refractivity contribution < 1.29 is 30.7 Å². The number of sulfonamides is 1. The van der Waals surface area contributed by atoms with E-state index < -0.39 is 27.0 Å². The van der Waals surface area contributed by atoms with Gasteiger partial charge in [-0.25, -0.2) is 13.1 Å². The van der Waals surface area contributed by atoms with Gasteiger partial charge in [-0.15, -0.1) is 23.4 Å². The maximum Gasteiger partial charge on any atom is 0.573 e. The number of alkyl halides is 3. The van der Waals surface area contributed by atoms with Crippen LogP contribution in [-0.2, 0) is 16.4 Å². The zero-order chi connectivity index (χ0) is 20.2. The van der Waals surface area contributed by atoms with Crippen LogP contribution in [-0.4, -0.2) is 31.5 Å². The van der Waals surface area contributed by atoms with Crippen molar-refractivity contribution in [1.29, 1.82) is 0 Å². The first-order valence-electron chi connectivity index (χ1n) is 7.97. The van der Waals surface area contributed by atoms with E-state index in [1.807, 2.05) is 6.07 Å². The molecule has 2 aromatic carbocycles. The van der Waals surface area contributed by atoms with Crippen molar-refractivity contribution in [2.24, 2.45) is 0 Å². The number of hydrogen-bond acceptors (Lipinski definition) is 6. The molecule has 0 aliphatic carbocycles. The van der Waals surface area contributed by atoms with E-state index in [0.29, 0.717) is 5.56 Å². The van der Waals surface area contributed by atoms with Crippen LogP contribution in [0.5, 0.6) is 5.75 Å². The maximum atomic E-state index is 12.5. The van der Waals surface area contributed by atoms with Crippen LogP contribution in [0.15, 0.2) is 63.9 Å². The Kier molecular flexibility index (Phi) is 5.66. The number of benzene rings is 2. The van der Waals surface area contributed by atoms with Crippen molar-refractivity contribution in [2.75, 3.05) is 6.54 Å². The summed E-state index contributed by atoms with van der Waals surface area (Å²) in [5.74, 6) is -0.351. The van der Waals surface area contributed by atoms with Crippen LogP contribution in [0.4, 0.5) is 13.2 Å². The van der Waals surface area contributed by atoms with Gasteiger partial charge in [0.05, 0.1) is 0 Å². The highest BCUT2D eigenvalue weighted by atomic mass is 32.2. The fourth-order valence-corrected chi connectivity index (χ4v) is 3.46. The van der Waals surface area contributed by atoms with E-state index in [0.717, 1.165) is 12.1 Å². The van der Waals surface area contributed by atoms with Gasteiger partial charge >= 0.3 is 6.36 Å². The Labute approximate surface area is 158 Å². The molecule has 1 N–H and O–H groups in total. The summed E-state index contributed by atoms with van der Waals surface area (Å²) in [6, 6.07) is 13.5. The first kappa shape index (κ1) is 19.8. The van der Waals surface area contributed by atoms with E-state index in [1.54, 1.807) is 24.3 Å². The topological polar surface area (TPSA) is 94.3 Å². The molecule has 28 heavy (non-hydrogen) atoms. The van der Waals surface area contributed by atoms with E-state index in [4.69, 9.17) is 4.42 Å². The number of ether oxygens (including phenoxy) is 1. The fourth-order valence-electron chi connectivity index (χ4n) is 2.30. The van der Waals surface area contributed by atoms with E-state index in [2.05, 4.69) is 19.7 Å². The minimum absolute atomic E-state index is 0.0569. The quantitative estimate of drug-likeness (QED) is 0.640. The minimum atomic E-state index is -5.01. The van der Waals surface area contributed by atoms with Gasteiger partial charge in [0.2, 0.25) is 21.8 Å². The SMILES string of the molecule is O=S(=O)(NCCc1nnc(-c2ccccc2)o1)c1ccccc1OC(F)(F)F. The summed E-state index contributed by atoms with van der Waals surface area (Å²) in [4.78, 5) is -0.622. The first-order chi connectivity index (χ1) is 13.2. The second-order valence-electron chi connectivity index (χ2n) is 5.51. The van der Waals surface area contributed by atoms with Crippen molar-refractivity contribution in [2.45, 2.75) is 17.7 Å². The molecule has 0 atom stereocenters. The Hall–Kier alpha value is -2.92. The lowest BCUT2D eigenvalue weighted by molar-refractivity contribution is -0.275. The van der Waals surface area contributed by atoms with Gasteiger partial charge in [0.1, 0.15) is 10.6 Å². The number of aromatic nitrogens is 2. The van der Waals surface area contributed by atoms with Crippen LogP contribution in [0, 0.1) is 0 Å². The normalized spacial score (nSPS) is 12.1. The van der Waals surface area contributed by atoms with Gasteiger partial charge in [0, 0.05) is 18.5 Å². The molecular weight excluding hydrogens is 399 g/mol.